The molecule has 2 aromatic rings. The molecule has 1 unspecified atom stereocenters. The normalized spacial score (nSPS) is 12.8. The molecule has 0 aliphatic carbocycles. The summed E-state index contributed by atoms with van der Waals surface area (Å²) in [6.45, 7) is 14.1. The summed E-state index contributed by atoms with van der Waals surface area (Å²) in [6.07, 6.45) is 1.38. The van der Waals surface area contributed by atoms with Gasteiger partial charge in [0, 0.05) is 18.6 Å². The highest BCUT2D eigenvalue weighted by molar-refractivity contribution is 5.82. The summed E-state index contributed by atoms with van der Waals surface area (Å²) in [5.41, 5.74) is 2.16. The lowest BCUT2D eigenvalue weighted by Crippen LogP contribution is -2.20. The molecule has 0 spiro atoms. The van der Waals surface area contributed by atoms with E-state index in [9.17, 15) is 4.79 Å². The Kier molecular flexibility index (Phi) is 7.75. The van der Waals surface area contributed by atoms with Gasteiger partial charge in [0.1, 0.15) is 6.61 Å². The van der Waals surface area contributed by atoms with Crippen LogP contribution in [0.2, 0.25) is 0 Å². The Labute approximate surface area is 168 Å². The van der Waals surface area contributed by atoms with E-state index in [1.165, 1.54) is 4.68 Å². The van der Waals surface area contributed by atoms with E-state index < -0.39 is 0 Å². The first-order valence-electron chi connectivity index (χ1n) is 9.97. The Balaban J connectivity index is 2.22. The Morgan fingerprint density at radius 1 is 1.18 bits per heavy atom. The minimum atomic E-state index is -0.0699. The monoisotopic (exact) mass is 387 g/mol. The molecule has 1 atom stereocenters. The third-order valence-corrected chi connectivity index (χ3v) is 4.28. The lowest BCUT2D eigenvalue weighted by atomic mass is 9.84. The van der Waals surface area contributed by atoms with Crippen LogP contribution in [0.4, 0.5) is 0 Å². The molecule has 1 heterocycles. The fraction of sp³-hybridized carbons (Fsp3) is 0.591. The summed E-state index contributed by atoms with van der Waals surface area (Å²) in [4.78, 5) is 17.4. The smallest absolute Gasteiger partial charge is 0.336 e. The van der Waals surface area contributed by atoms with Gasteiger partial charge in [0.05, 0.1) is 6.61 Å². The molecule has 6 heteroatoms. The average molecular weight is 388 g/mol. The number of rotatable bonds is 9. The SMILES string of the molecule is CCOCCOc1nc(-c2ccc(C)cc2)n(C(=O)CC(C)CC(C)(C)C)n1. The van der Waals surface area contributed by atoms with Gasteiger partial charge in [0.2, 0.25) is 5.91 Å². The molecule has 0 amide bonds. The van der Waals surface area contributed by atoms with E-state index in [1.54, 1.807) is 0 Å². The van der Waals surface area contributed by atoms with Gasteiger partial charge in [-0.15, -0.1) is 5.10 Å². The topological polar surface area (TPSA) is 66.2 Å². The average Bonchev–Trinajstić information content (AvgIpc) is 3.02. The highest BCUT2D eigenvalue weighted by Crippen LogP contribution is 2.27. The summed E-state index contributed by atoms with van der Waals surface area (Å²) in [7, 11) is 0. The number of carbonyl (C=O) groups excluding carboxylic acids is 1. The Hall–Kier alpha value is -2.21. The number of ether oxygens (including phenoxy) is 2. The third kappa shape index (κ3) is 6.75. The lowest BCUT2D eigenvalue weighted by molar-refractivity contribution is 0.0852. The van der Waals surface area contributed by atoms with Crippen LogP contribution in [-0.2, 0) is 4.74 Å². The van der Waals surface area contributed by atoms with Crippen molar-refractivity contribution in [3.63, 3.8) is 0 Å². The van der Waals surface area contributed by atoms with Gasteiger partial charge in [-0.25, -0.2) is 0 Å². The molecule has 6 nitrogen and oxygen atoms in total. The maximum Gasteiger partial charge on any atom is 0.336 e. The number of hydrogen-bond donors (Lipinski definition) is 0. The van der Waals surface area contributed by atoms with E-state index in [1.807, 2.05) is 38.1 Å². The van der Waals surface area contributed by atoms with Gasteiger partial charge in [-0.1, -0.05) is 57.5 Å². The lowest BCUT2D eigenvalue weighted by Gasteiger charge is -2.22. The molecule has 0 N–H and O–H groups in total. The van der Waals surface area contributed by atoms with Gasteiger partial charge >= 0.3 is 6.01 Å². The van der Waals surface area contributed by atoms with E-state index >= 15 is 0 Å². The zero-order valence-corrected chi connectivity index (χ0v) is 18.0. The van der Waals surface area contributed by atoms with Crippen molar-refractivity contribution in [1.82, 2.24) is 14.8 Å². The largest absolute Gasteiger partial charge is 0.460 e. The Morgan fingerprint density at radius 2 is 1.86 bits per heavy atom. The van der Waals surface area contributed by atoms with Crippen LogP contribution < -0.4 is 4.74 Å². The zero-order valence-electron chi connectivity index (χ0n) is 18.0. The molecule has 1 aromatic heterocycles. The molecule has 2 rings (SSSR count). The molecule has 0 aliphatic rings. The molecule has 0 aliphatic heterocycles. The van der Waals surface area contributed by atoms with Crippen LogP contribution in [0.5, 0.6) is 6.01 Å². The summed E-state index contributed by atoms with van der Waals surface area (Å²) in [5.74, 6) is 0.698. The van der Waals surface area contributed by atoms with Gasteiger partial charge in [-0.2, -0.15) is 9.67 Å². The minimum Gasteiger partial charge on any atom is -0.460 e. The maximum atomic E-state index is 13.0. The number of aromatic nitrogens is 3. The summed E-state index contributed by atoms with van der Waals surface area (Å²) in [5, 5.41) is 4.33. The molecule has 0 bridgehead atoms. The van der Waals surface area contributed by atoms with Crippen molar-refractivity contribution < 1.29 is 14.3 Å². The van der Waals surface area contributed by atoms with Crippen LogP contribution in [0.3, 0.4) is 0 Å². The van der Waals surface area contributed by atoms with Gasteiger partial charge in [-0.3, -0.25) is 4.79 Å². The quantitative estimate of drug-likeness (QED) is 0.580. The van der Waals surface area contributed by atoms with Crippen molar-refractivity contribution >= 4 is 5.91 Å². The van der Waals surface area contributed by atoms with Gasteiger partial charge in [0.25, 0.3) is 0 Å². The standard InChI is InChI=1S/C22H33N3O3/c1-7-27-12-13-28-21-23-20(18-10-8-16(2)9-11-18)25(24-21)19(26)14-17(3)15-22(4,5)6/h8-11,17H,7,12-15H2,1-6H3. The Morgan fingerprint density at radius 3 is 2.46 bits per heavy atom. The fourth-order valence-corrected chi connectivity index (χ4v) is 3.26. The number of benzene rings is 1. The molecule has 0 radical (unpaired) electrons. The van der Waals surface area contributed by atoms with Crippen molar-refractivity contribution in [3.05, 3.63) is 29.8 Å². The first-order chi connectivity index (χ1) is 13.2. The molecule has 0 fully saturated rings. The third-order valence-electron chi connectivity index (χ3n) is 4.28. The predicted octanol–water partition coefficient (Wildman–Crippen LogP) is 4.77. The van der Waals surface area contributed by atoms with E-state index in [0.717, 1.165) is 17.5 Å². The van der Waals surface area contributed by atoms with Crippen molar-refractivity contribution in [2.75, 3.05) is 19.8 Å². The van der Waals surface area contributed by atoms with Crippen LogP contribution in [-0.4, -0.2) is 40.5 Å². The van der Waals surface area contributed by atoms with Crippen molar-refractivity contribution in [2.24, 2.45) is 11.3 Å². The van der Waals surface area contributed by atoms with Crippen LogP contribution in [0.15, 0.2) is 24.3 Å². The molecule has 0 saturated carbocycles. The van der Waals surface area contributed by atoms with Gasteiger partial charge in [-0.05, 0) is 31.6 Å². The van der Waals surface area contributed by atoms with Crippen molar-refractivity contribution in [2.45, 2.75) is 54.4 Å². The highest BCUT2D eigenvalue weighted by atomic mass is 16.5. The second-order valence-electron chi connectivity index (χ2n) is 8.51. The number of hydrogen-bond acceptors (Lipinski definition) is 5. The molecular formula is C22H33N3O3. The summed E-state index contributed by atoms with van der Waals surface area (Å²) in [6, 6.07) is 8.09. The first-order valence-corrected chi connectivity index (χ1v) is 9.97. The highest BCUT2D eigenvalue weighted by Gasteiger charge is 2.23. The Bertz CT molecular complexity index is 760. The van der Waals surface area contributed by atoms with Crippen LogP contribution >= 0.6 is 0 Å². The second kappa shape index (κ2) is 9.82. The second-order valence-corrected chi connectivity index (χ2v) is 8.51. The van der Waals surface area contributed by atoms with E-state index in [2.05, 4.69) is 37.8 Å². The van der Waals surface area contributed by atoms with Crippen LogP contribution in [0.1, 0.15) is 57.8 Å². The van der Waals surface area contributed by atoms with Gasteiger partial charge < -0.3 is 9.47 Å². The molecule has 1 aromatic carbocycles. The first kappa shape index (κ1) is 22.1. The summed E-state index contributed by atoms with van der Waals surface area (Å²) >= 11 is 0. The van der Waals surface area contributed by atoms with Crippen molar-refractivity contribution in [3.8, 4) is 17.4 Å². The number of nitrogens with zero attached hydrogens (tertiary/aromatic N) is 3. The van der Waals surface area contributed by atoms with Gasteiger partial charge in [0.15, 0.2) is 5.82 Å². The number of aryl methyl sites for hydroxylation is 1. The maximum absolute atomic E-state index is 13.0. The van der Waals surface area contributed by atoms with E-state index in [-0.39, 0.29) is 23.3 Å². The number of carbonyl (C=O) groups is 1. The van der Waals surface area contributed by atoms with E-state index in [4.69, 9.17) is 9.47 Å². The zero-order chi connectivity index (χ0) is 20.7. The fourth-order valence-electron chi connectivity index (χ4n) is 3.26. The van der Waals surface area contributed by atoms with Crippen molar-refractivity contribution in [1.29, 1.82) is 0 Å². The molecule has 28 heavy (non-hydrogen) atoms. The summed E-state index contributed by atoms with van der Waals surface area (Å²) < 4.78 is 12.3. The molecule has 0 saturated heterocycles. The molecule has 154 valence electrons. The van der Waals surface area contributed by atoms with E-state index in [0.29, 0.717) is 32.1 Å². The van der Waals surface area contributed by atoms with Crippen LogP contribution in [0.25, 0.3) is 11.4 Å². The molecular weight excluding hydrogens is 354 g/mol. The predicted molar refractivity (Wildman–Crippen MR) is 111 cm³/mol. The minimum absolute atomic E-state index is 0.0699. The van der Waals surface area contributed by atoms with Crippen LogP contribution in [0, 0.1) is 18.3 Å².